The van der Waals surface area contributed by atoms with Crippen LogP contribution >= 0.6 is 0 Å². The summed E-state index contributed by atoms with van der Waals surface area (Å²) in [6, 6.07) is 7.13. The van der Waals surface area contributed by atoms with Crippen molar-refractivity contribution in [3.05, 3.63) is 29.8 Å². The van der Waals surface area contributed by atoms with E-state index in [1.54, 1.807) is 17.9 Å². The minimum absolute atomic E-state index is 0.0409. The Balaban J connectivity index is 1.45. The molecule has 2 atom stereocenters. The number of anilines is 1. The predicted octanol–water partition coefficient (Wildman–Crippen LogP) is 2.00. The maximum Gasteiger partial charge on any atom is 0.255 e. The van der Waals surface area contributed by atoms with E-state index in [9.17, 15) is 14.4 Å². The number of amides is 3. The van der Waals surface area contributed by atoms with Crippen LogP contribution in [-0.4, -0.2) is 46.9 Å². The Bertz CT molecular complexity index is 790. The molecule has 3 aliphatic rings. The lowest BCUT2D eigenvalue weighted by molar-refractivity contribution is -0.139. The molecule has 7 nitrogen and oxygen atoms in total. The molecular weight excluding hydrogens is 356 g/mol. The molecule has 2 heterocycles. The number of hydrogen-bond acceptors (Lipinski definition) is 4. The summed E-state index contributed by atoms with van der Waals surface area (Å²) in [7, 11) is 0. The van der Waals surface area contributed by atoms with Gasteiger partial charge < -0.3 is 20.9 Å². The Morgan fingerprint density at radius 3 is 2.71 bits per heavy atom. The number of carbonyl (C=O) groups excluding carboxylic acids is 3. The van der Waals surface area contributed by atoms with Gasteiger partial charge in [-0.15, -0.1) is 0 Å². The molecule has 0 radical (unpaired) electrons. The Hall–Kier alpha value is -2.57. The highest BCUT2D eigenvalue weighted by atomic mass is 16.2. The standard InChI is InChI=1S/C21H28N4O3/c1-14(19(27)22-15-6-2-3-7-15)25-13-12-21(11-10-18(25)26)23-17-9-5-4-8-16(17)20(28)24-21/h4-5,8-9,14-15,23H,2-3,6-7,10-13H2,1H3,(H,22,27)(H,24,28). The van der Waals surface area contributed by atoms with Gasteiger partial charge in [-0.25, -0.2) is 0 Å². The van der Waals surface area contributed by atoms with Gasteiger partial charge in [0.15, 0.2) is 0 Å². The molecule has 1 aromatic carbocycles. The first-order valence-electron chi connectivity index (χ1n) is 10.3. The van der Waals surface area contributed by atoms with Crippen LogP contribution in [0.4, 0.5) is 5.69 Å². The van der Waals surface area contributed by atoms with Gasteiger partial charge in [-0.2, -0.15) is 0 Å². The molecule has 2 fully saturated rings. The molecular formula is C21H28N4O3. The topological polar surface area (TPSA) is 90.5 Å². The summed E-state index contributed by atoms with van der Waals surface area (Å²) in [6.45, 7) is 2.22. The van der Waals surface area contributed by atoms with Crippen LogP contribution in [-0.2, 0) is 9.59 Å². The van der Waals surface area contributed by atoms with Gasteiger partial charge in [0.25, 0.3) is 5.91 Å². The molecule has 0 bridgehead atoms. The highest BCUT2D eigenvalue weighted by molar-refractivity contribution is 6.02. The highest BCUT2D eigenvalue weighted by Gasteiger charge is 2.41. The molecule has 150 valence electrons. The van der Waals surface area contributed by atoms with Gasteiger partial charge in [-0.05, 0) is 38.3 Å². The second-order valence-electron chi connectivity index (χ2n) is 8.21. The largest absolute Gasteiger partial charge is 0.362 e. The minimum Gasteiger partial charge on any atom is -0.362 e. The van der Waals surface area contributed by atoms with Crippen LogP contribution in [0.1, 0.15) is 62.2 Å². The van der Waals surface area contributed by atoms with Crippen molar-refractivity contribution in [1.82, 2.24) is 15.5 Å². The molecule has 0 aromatic heterocycles. The SMILES string of the molecule is CC(C(=O)NC1CCCC1)N1CCC2(CCC1=O)NC(=O)c1ccccc1N2. The summed E-state index contributed by atoms with van der Waals surface area (Å²) in [5, 5.41) is 9.60. The van der Waals surface area contributed by atoms with Gasteiger partial charge in [0.1, 0.15) is 11.7 Å². The van der Waals surface area contributed by atoms with E-state index in [1.807, 2.05) is 18.2 Å². The zero-order valence-corrected chi connectivity index (χ0v) is 16.3. The quantitative estimate of drug-likeness (QED) is 0.743. The van der Waals surface area contributed by atoms with Crippen LogP contribution in [0.3, 0.4) is 0 Å². The molecule has 2 aliphatic heterocycles. The fourth-order valence-electron chi connectivity index (χ4n) is 4.58. The highest BCUT2D eigenvalue weighted by Crippen LogP contribution is 2.32. The van der Waals surface area contributed by atoms with E-state index in [0.717, 1.165) is 31.4 Å². The number of nitrogens with one attached hydrogen (secondary N) is 3. The normalized spacial score (nSPS) is 26.2. The predicted molar refractivity (Wildman–Crippen MR) is 106 cm³/mol. The van der Waals surface area contributed by atoms with E-state index in [2.05, 4.69) is 16.0 Å². The van der Waals surface area contributed by atoms with E-state index in [1.165, 1.54) is 0 Å². The monoisotopic (exact) mass is 384 g/mol. The van der Waals surface area contributed by atoms with Gasteiger partial charge in [-0.1, -0.05) is 25.0 Å². The molecule has 1 aliphatic carbocycles. The van der Waals surface area contributed by atoms with Gasteiger partial charge in [0.2, 0.25) is 11.8 Å². The van der Waals surface area contributed by atoms with Gasteiger partial charge >= 0.3 is 0 Å². The van der Waals surface area contributed by atoms with E-state index in [4.69, 9.17) is 0 Å². The molecule has 7 heteroatoms. The molecule has 4 rings (SSSR count). The summed E-state index contributed by atoms with van der Waals surface area (Å²) in [5.74, 6) is -0.245. The number of hydrogen-bond donors (Lipinski definition) is 3. The molecule has 1 spiro atoms. The second kappa shape index (κ2) is 7.45. The van der Waals surface area contributed by atoms with Crippen molar-refractivity contribution in [2.75, 3.05) is 11.9 Å². The summed E-state index contributed by atoms with van der Waals surface area (Å²) in [6.07, 6.45) is 5.68. The lowest BCUT2D eigenvalue weighted by Crippen LogP contribution is -2.58. The number of fused-ring (bicyclic) bond motifs is 1. The minimum atomic E-state index is -0.655. The Morgan fingerprint density at radius 2 is 1.93 bits per heavy atom. The first kappa shape index (κ1) is 18.8. The van der Waals surface area contributed by atoms with Crippen molar-refractivity contribution in [1.29, 1.82) is 0 Å². The number of benzene rings is 1. The molecule has 1 saturated carbocycles. The second-order valence-corrected chi connectivity index (χ2v) is 8.21. The Labute approximate surface area is 165 Å². The molecule has 1 saturated heterocycles. The smallest absolute Gasteiger partial charge is 0.255 e. The van der Waals surface area contributed by atoms with Gasteiger partial charge in [-0.3, -0.25) is 14.4 Å². The van der Waals surface area contributed by atoms with Crippen molar-refractivity contribution < 1.29 is 14.4 Å². The van der Waals surface area contributed by atoms with Crippen molar-refractivity contribution in [2.24, 2.45) is 0 Å². The maximum absolute atomic E-state index is 12.8. The van der Waals surface area contributed by atoms with Gasteiger partial charge in [0, 0.05) is 31.1 Å². The zero-order chi connectivity index (χ0) is 19.7. The van der Waals surface area contributed by atoms with E-state index < -0.39 is 11.7 Å². The number of rotatable bonds is 3. The fraction of sp³-hybridized carbons (Fsp3) is 0.571. The van der Waals surface area contributed by atoms with Crippen molar-refractivity contribution in [3.63, 3.8) is 0 Å². The third-order valence-corrected chi connectivity index (χ3v) is 6.31. The molecule has 3 amide bonds. The number of nitrogens with zero attached hydrogens (tertiary/aromatic N) is 1. The zero-order valence-electron chi connectivity index (χ0n) is 16.3. The lowest BCUT2D eigenvalue weighted by Gasteiger charge is -2.40. The van der Waals surface area contributed by atoms with Crippen LogP contribution in [0, 0.1) is 0 Å². The lowest BCUT2D eigenvalue weighted by atomic mass is 9.95. The third kappa shape index (κ3) is 3.57. The van der Waals surface area contributed by atoms with Crippen LogP contribution in [0.2, 0.25) is 0 Å². The van der Waals surface area contributed by atoms with E-state index >= 15 is 0 Å². The van der Waals surface area contributed by atoms with Crippen LogP contribution in [0.5, 0.6) is 0 Å². The summed E-state index contributed by atoms with van der Waals surface area (Å²) in [5.41, 5.74) is 0.751. The van der Waals surface area contributed by atoms with Crippen LogP contribution < -0.4 is 16.0 Å². The number of para-hydroxylation sites is 1. The Morgan fingerprint density at radius 1 is 1.18 bits per heavy atom. The molecule has 2 unspecified atom stereocenters. The first-order valence-corrected chi connectivity index (χ1v) is 10.3. The molecule has 1 aromatic rings. The van der Waals surface area contributed by atoms with Crippen LogP contribution in [0.25, 0.3) is 0 Å². The van der Waals surface area contributed by atoms with Crippen molar-refractivity contribution >= 4 is 23.4 Å². The molecule has 3 N–H and O–H groups in total. The van der Waals surface area contributed by atoms with Crippen molar-refractivity contribution in [2.45, 2.75) is 69.6 Å². The maximum atomic E-state index is 12.8. The first-order chi connectivity index (χ1) is 13.5. The average Bonchev–Trinajstić information content (AvgIpc) is 3.14. The summed E-state index contributed by atoms with van der Waals surface area (Å²) in [4.78, 5) is 39.6. The summed E-state index contributed by atoms with van der Waals surface area (Å²) < 4.78 is 0. The summed E-state index contributed by atoms with van der Waals surface area (Å²) >= 11 is 0. The van der Waals surface area contributed by atoms with Gasteiger partial charge in [0.05, 0.1) is 5.56 Å². The Kier molecular flexibility index (Phi) is 5.00. The van der Waals surface area contributed by atoms with E-state index in [0.29, 0.717) is 24.9 Å². The number of likely N-dealkylation sites (tertiary alicyclic amines) is 1. The van der Waals surface area contributed by atoms with Crippen molar-refractivity contribution in [3.8, 4) is 0 Å². The third-order valence-electron chi connectivity index (χ3n) is 6.31. The molecule has 28 heavy (non-hydrogen) atoms. The van der Waals surface area contributed by atoms with Crippen LogP contribution in [0.15, 0.2) is 24.3 Å². The average molecular weight is 384 g/mol. The van der Waals surface area contributed by atoms with E-state index in [-0.39, 0.29) is 30.2 Å². The number of carbonyl (C=O) groups is 3. The fourth-order valence-corrected chi connectivity index (χ4v) is 4.58.